The number of carbonyl (C=O) groups excluding carboxylic acids is 1. The zero-order valence-electron chi connectivity index (χ0n) is 7.69. The van der Waals surface area contributed by atoms with Gasteiger partial charge in [-0.05, 0) is 24.8 Å². The first-order chi connectivity index (χ1) is 6.83. The van der Waals surface area contributed by atoms with Gasteiger partial charge < -0.3 is 9.64 Å². The van der Waals surface area contributed by atoms with Gasteiger partial charge in [0.15, 0.2) is 5.75 Å². The first-order valence-electron chi connectivity index (χ1n) is 4.49. The Morgan fingerprint density at radius 2 is 2.29 bits per heavy atom. The molecule has 1 amide bonds. The molecular weight excluding hydrogens is 198 g/mol. The molecule has 0 unspecified atom stereocenters. The molecule has 3 nitrogen and oxygen atoms in total. The second kappa shape index (κ2) is 3.92. The molecule has 4 heteroatoms. The fourth-order valence-corrected chi connectivity index (χ4v) is 1.71. The molecule has 0 saturated carbocycles. The van der Waals surface area contributed by atoms with Crippen LogP contribution in [-0.2, 0) is 17.4 Å². The number of anilines is 1. The molecule has 74 valence electrons. The standard InChI is InChI=1S/C10H11NO2S/c12-10(7-14)11-5-6-13-9-4-2-1-3-8(9)11/h1-4,14H,5-7H2/p+1. The van der Waals surface area contributed by atoms with Crippen LogP contribution in [0.1, 0.15) is 0 Å². The quantitative estimate of drug-likeness (QED) is 0.629. The molecule has 0 saturated heterocycles. The number of para-hydroxylation sites is 2. The third kappa shape index (κ3) is 1.57. The monoisotopic (exact) mass is 210 g/mol. The van der Waals surface area contributed by atoms with E-state index in [9.17, 15) is 4.79 Å². The molecular formula is C10H12NO2S+. The zero-order chi connectivity index (χ0) is 9.97. The highest BCUT2D eigenvalue weighted by molar-refractivity contribution is 7.59. The minimum atomic E-state index is 0.0671. The molecule has 0 fully saturated rings. The van der Waals surface area contributed by atoms with Gasteiger partial charge in [0.1, 0.15) is 12.4 Å². The summed E-state index contributed by atoms with van der Waals surface area (Å²) in [5.74, 6) is 1.19. The van der Waals surface area contributed by atoms with Crippen LogP contribution >= 0.6 is 0 Å². The van der Waals surface area contributed by atoms with Crippen molar-refractivity contribution < 1.29 is 9.53 Å². The number of rotatable bonds is 1. The summed E-state index contributed by atoms with van der Waals surface area (Å²) in [6.07, 6.45) is 0. The number of hydrogen-bond acceptors (Lipinski definition) is 2. The van der Waals surface area contributed by atoms with Crippen molar-refractivity contribution in [3.8, 4) is 5.75 Å². The predicted molar refractivity (Wildman–Crippen MR) is 59.3 cm³/mol. The summed E-state index contributed by atoms with van der Waals surface area (Å²) < 4.78 is 5.44. The van der Waals surface area contributed by atoms with E-state index in [0.29, 0.717) is 18.9 Å². The molecule has 14 heavy (non-hydrogen) atoms. The van der Waals surface area contributed by atoms with Crippen LogP contribution in [0.4, 0.5) is 5.69 Å². The Hall–Kier alpha value is -1.16. The van der Waals surface area contributed by atoms with Gasteiger partial charge in [0.05, 0.1) is 12.2 Å². The number of amides is 1. The molecule has 0 radical (unpaired) electrons. The van der Waals surface area contributed by atoms with Gasteiger partial charge >= 0.3 is 0 Å². The normalized spacial score (nSPS) is 14.5. The molecule has 1 aromatic rings. The molecule has 1 aromatic carbocycles. The van der Waals surface area contributed by atoms with Crippen LogP contribution in [0.5, 0.6) is 5.75 Å². The Bertz CT molecular complexity index is 354. The molecule has 1 aliphatic rings. The lowest BCUT2D eigenvalue weighted by atomic mass is 10.2. The summed E-state index contributed by atoms with van der Waals surface area (Å²) in [5, 5.41) is 0. The predicted octanol–water partition coefficient (Wildman–Crippen LogP) is 0.424. The van der Waals surface area contributed by atoms with E-state index in [0.717, 1.165) is 11.4 Å². The summed E-state index contributed by atoms with van der Waals surface area (Å²) in [6, 6.07) is 7.58. The van der Waals surface area contributed by atoms with Gasteiger partial charge in [0.25, 0.3) is 5.91 Å². The highest BCUT2D eigenvalue weighted by Gasteiger charge is 2.23. The van der Waals surface area contributed by atoms with Crippen molar-refractivity contribution in [2.75, 3.05) is 23.8 Å². The number of fused-ring (bicyclic) bond motifs is 1. The van der Waals surface area contributed by atoms with E-state index in [2.05, 4.69) is 12.6 Å². The summed E-state index contributed by atoms with van der Waals surface area (Å²) in [4.78, 5) is 13.3. The highest BCUT2D eigenvalue weighted by atomic mass is 32.1. The lowest BCUT2D eigenvalue weighted by Gasteiger charge is -2.28. The second-order valence-corrected chi connectivity index (χ2v) is 3.39. The van der Waals surface area contributed by atoms with Crippen molar-refractivity contribution >= 4 is 24.2 Å². The smallest absolute Gasteiger partial charge is 0.276 e. The summed E-state index contributed by atoms with van der Waals surface area (Å²) >= 11 is 3.22. The minimum Gasteiger partial charge on any atom is -0.490 e. The van der Waals surface area contributed by atoms with E-state index in [1.165, 1.54) is 0 Å². The lowest BCUT2D eigenvalue weighted by molar-refractivity contribution is -0.116. The fraction of sp³-hybridized carbons (Fsp3) is 0.300. The largest absolute Gasteiger partial charge is 0.490 e. The van der Waals surface area contributed by atoms with Crippen LogP contribution in [0.25, 0.3) is 0 Å². The van der Waals surface area contributed by atoms with Crippen LogP contribution < -0.4 is 9.64 Å². The highest BCUT2D eigenvalue weighted by Crippen LogP contribution is 2.30. The first kappa shape index (κ1) is 9.40. The van der Waals surface area contributed by atoms with E-state index in [4.69, 9.17) is 4.74 Å². The summed E-state index contributed by atoms with van der Waals surface area (Å²) in [5.41, 5.74) is 0.863. The Labute approximate surface area is 88.1 Å². The van der Waals surface area contributed by atoms with Gasteiger partial charge in [-0.1, -0.05) is 12.1 Å². The fourth-order valence-electron chi connectivity index (χ4n) is 1.52. The van der Waals surface area contributed by atoms with Crippen LogP contribution in [0.3, 0.4) is 0 Å². The maximum Gasteiger partial charge on any atom is 0.276 e. The molecule has 0 N–H and O–H groups in total. The molecule has 0 spiro atoms. The summed E-state index contributed by atoms with van der Waals surface area (Å²) in [6.45, 7) is 1.19. The molecule has 1 heterocycles. The van der Waals surface area contributed by atoms with Crippen LogP contribution in [0, 0.1) is 0 Å². The topological polar surface area (TPSA) is 29.5 Å². The van der Waals surface area contributed by atoms with E-state index >= 15 is 0 Å². The van der Waals surface area contributed by atoms with Crippen molar-refractivity contribution in [2.45, 2.75) is 0 Å². The van der Waals surface area contributed by atoms with E-state index < -0.39 is 0 Å². The van der Waals surface area contributed by atoms with Crippen LogP contribution in [-0.4, -0.2) is 24.8 Å². The molecule has 0 atom stereocenters. The zero-order valence-corrected chi connectivity index (χ0v) is 8.69. The molecule has 0 aliphatic carbocycles. The van der Waals surface area contributed by atoms with Crippen molar-refractivity contribution in [1.29, 1.82) is 0 Å². The Kier molecular flexibility index (Phi) is 2.63. The second-order valence-electron chi connectivity index (χ2n) is 3.04. The number of hydrogen-bond donors (Lipinski definition) is 0. The molecule has 1 aliphatic heterocycles. The van der Waals surface area contributed by atoms with Gasteiger partial charge in [-0.3, -0.25) is 4.79 Å². The van der Waals surface area contributed by atoms with Crippen molar-refractivity contribution in [1.82, 2.24) is 0 Å². The van der Waals surface area contributed by atoms with E-state index in [1.54, 1.807) is 4.90 Å². The van der Waals surface area contributed by atoms with E-state index in [1.807, 2.05) is 24.3 Å². The van der Waals surface area contributed by atoms with Gasteiger partial charge in [0, 0.05) is 0 Å². The Morgan fingerprint density at radius 1 is 1.50 bits per heavy atom. The number of ether oxygens (including phenoxy) is 1. The van der Waals surface area contributed by atoms with Crippen molar-refractivity contribution in [3.05, 3.63) is 24.3 Å². The third-order valence-electron chi connectivity index (χ3n) is 2.18. The average Bonchev–Trinajstić information content (AvgIpc) is 2.27. The van der Waals surface area contributed by atoms with Gasteiger partial charge in [0.2, 0.25) is 0 Å². The van der Waals surface area contributed by atoms with Crippen LogP contribution in [0.15, 0.2) is 24.3 Å². The van der Waals surface area contributed by atoms with Crippen molar-refractivity contribution in [3.63, 3.8) is 0 Å². The van der Waals surface area contributed by atoms with Gasteiger partial charge in [-0.2, -0.15) is 0 Å². The first-order valence-corrected chi connectivity index (χ1v) is 5.20. The number of benzene rings is 1. The molecule has 2 rings (SSSR count). The molecule has 0 aromatic heterocycles. The van der Waals surface area contributed by atoms with Crippen LogP contribution in [0.2, 0.25) is 0 Å². The Morgan fingerprint density at radius 3 is 3.07 bits per heavy atom. The number of carbonyl (C=O) groups is 1. The summed E-state index contributed by atoms with van der Waals surface area (Å²) in [7, 11) is 0. The lowest BCUT2D eigenvalue weighted by Crippen LogP contribution is -2.39. The van der Waals surface area contributed by atoms with Crippen molar-refractivity contribution in [2.24, 2.45) is 0 Å². The van der Waals surface area contributed by atoms with Gasteiger partial charge in [-0.15, -0.1) is 0 Å². The Balaban J connectivity index is 2.35. The van der Waals surface area contributed by atoms with E-state index in [-0.39, 0.29) is 5.91 Å². The third-order valence-corrected chi connectivity index (χ3v) is 2.48. The molecule has 0 bridgehead atoms. The SMILES string of the molecule is O=C(C[SH2+])N1CCOc2ccccc21. The minimum absolute atomic E-state index is 0.0671. The number of nitrogens with zero attached hydrogens (tertiary/aromatic N) is 1. The van der Waals surface area contributed by atoms with Gasteiger partial charge in [-0.25, -0.2) is 0 Å². The maximum absolute atomic E-state index is 11.6. The maximum atomic E-state index is 11.6. The average molecular weight is 210 g/mol.